The Kier molecular flexibility index (Phi) is 6.03. The second-order valence-corrected chi connectivity index (χ2v) is 6.83. The molecule has 0 fully saturated rings. The number of primary amides is 1. The summed E-state index contributed by atoms with van der Waals surface area (Å²) in [6, 6.07) is -0.853. The monoisotopic (exact) mass is 303 g/mol. The summed E-state index contributed by atoms with van der Waals surface area (Å²) in [5.74, 6) is 0.0738. The van der Waals surface area contributed by atoms with Gasteiger partial charge >= 0.3 is 6.03 Å². The predicted molar refractivity (Wildman–Crippen MR) is 76.3 cm³/mol. The van der Waals surface area contributed by atoms with Crippen LogP contribution in [0, 0.1) is 5.92 Å². The molecule has 0 aromatic carbocycles. The van der Waals surface area contributed by atoms with Crippen molar-refractivity contribution < 1.29 is 9.59 Å². The molecule has 0 aliphatic rings. The number of urea groups is 1. The molecule has 1 aromatic rings. The van der Waals surface area contributed by atoms with Crippen LogP contribution >= 0.6 is 23.1 Å². The fourth-order valence-corrected chi connectivity index (χ4v) is 2.95. The Balaban J connectivity index is 2.48. The second-order valence-electron chi connectivity index (χ2n) is 4.26. The van der Waals surface area contributed by atoms with Crippen molar-refractivity contribution in [1.82, 2.24) is 15.5 Å². The number of thioether (sulfide) groups is 1. The molecular formula is C10H17N5O2S2. The fraction of sp³-hybridized carbons (Fsp3) is 0.600. The molecule has 0 radical (unpaired) electrons. The van der Waals surface area contributed by atoms with Gasteiger partial charge in [0, 0.05) is 6.54 Å². The first-order valence-electron chi connectivity index (χ1n) is 5.72. The van der Waals surface area contributed by atoms with Crippen LogP contribution < -0.4 is 16.4 Å². The summed E-state index contributed by atoms with van der Waals surface area (Å²) in [5, 5.41) is 13.4. The Bertz CT molecular complexity index is 449. The van der Waals surface area contributed by atoms with E-state index in [1.54, 1.807) is 6.92 Å². The molecule has 1 aromatic heterocycles. The molecule has 0 aliphatic heterocycles. The summed E-state index contributed by atoms with van der Waals surface area (Å²) in [4.78, 5) is 22.1. The van der Waals surface area contributed by atoms with E-state index in [1.807, 2.05) is 5.32 Å². The van der Waals surface area contributed by atoms with Crippen LogP contribution in [0.5, 0.6) is 0 Å². The molecule has 0 spiro atoms. The molecule has 3 amide bonds. The van der Waals surface area contributed by atoms with E-state index in [9.17, 15) is 9.59 Å². The molecular weight excluding hydrogens is 286 g/mol. The van der Waals surface area contributed by atoms with Gasteiger partial charge in [0.05, 0.1) is 5.25 Å². The lowest BCUT2D eigenvalue weighted by molar-refractivity contribution is -0.119. The van der Waals surface area contributed by atoms with Gasteiger partial charge in [0.2, 0.25) is 11.0 Å². The molecule has 0 saturated carbocycles. The molecule has 7 nitrogen and oxygen atoms in total. The van der Waals surface area contributed by atoms with Crippen LogP contribution in [-0.4, -0.2) is 33.9 Å². The van der Waals surface area contributed by atoms with Crippen LogP contribution in [0.2, 0.25) is 0 Å². The summed E-state index contributed by atoms with van der Waals surface area (Å²) >= 11 is 2.61. The minimum atomic E-state index is -0.853. The van der Waals surface area contributed by atoms with Gasteiger partial charge in [0.15, 0.2) is 4.34 Å². The summed E-state index contributed by atoms with van der Waals surface area (Å²) < 4.78 is 0.665. The molecule has 9 heteroatoms. The van der Waals surface area contributed by atoms with E-state index in [1.165, 1.54) is 23.1 Å². The first-order valence-corrected chi connectivity index (χ1v) is 7.42. The van der Waals surface area contributed by atoms with Crippen molar-refractivity contribution in [3.05, 3.63) is 0 Å². The maximum atomic E-state index is 11.5. The molecule has 1 heterocycles. The average molecular weight is 303 g/mol. The Morgan fingerprint density at radius 3 is 2.63 bits per heavy atom. The minimum Gasteiger partial charge on any atom is -0.360 e. The Labute approximate surface area is 119 Å². The molecule has 0 bridgehead atoms. The van der Waals surface area contributed by atoms with Gasteiger partial charge in [0.25, 0.3) is 0 Å². The Hall–Kier alpha value is -1.35. The number of nitrogens with zero attached hydrogens (tertiary/aromatic N) is 2. The SMILES string of the molecule is CC(C)CNc1nnc(S[C@@H](C)C(=O)NC(N)=O)s1. The largest absolute Gasteiger partial charge is 0.360 e. The van der Waals surface area contributed by atoms with E-state index in [0.717, 1.165) is 11.7 Å². The van der Waals surface area contributed by atoms with Crippen molar-refractivity contribution >= 4 is 40.2 Å². The van der Waals surface area contributed by atoms with Gasteiger partial charge < -0.3 is 11.1 Å². The number of hydrogen-bond acceptors (Lipinski definition) is 7. The highest BCUT2D eigenvalue weighted by molar-refractivity contribution is 8.02. The number of carbonyl (C=O) groups is 2. The normalized spacial score (nSPS) is 12.2. The van der Waals surface area contributed by atoms with E-state index >= 15 is 0 Å². The highest BCUT2D eigenvalue weighted by Gasteiger charge is 2.18. The molecule has 0 unspecified atom stereocenters. The van der Waals surface area contributed by atoms with Crippen molar-refractivity contribution in [2.75, 3.05) is 11.9 Å². The molecule has 19 heavy (non-hydrogen) atoms. The first kappa shape index (κ1) is 15.7. The van der Waals surface area contributed by atoms with E-state index in [0.29, 0.717) is 10.3 Å². The van der Waals surface area contributed by atoms with Crippen LogP contribution in [0.25, 0.3) is 0 Å². The zero-order chi connectivity index (χ0) is 14.4. The van der Waals surface area contributed by atoms with E-state index in [-0.39, 0.29) is 0 Å². The van der Waals surface area contributed by atoms with Gasteiger partial charge in [-0.15, -0.1) is 10.2 Å². The minimum absolute atomic E-state index is 0.440. The maximum Gasteiger partial charge on any atom is 0.318 e. The third-order valence-electron chi connectivity index (χ3n) is 1.96. The highest BCUT2D eigenvalue weighted by atomic mass is 32.2. The molecule has 1 rings (SSSR count). The molecule has 0 aliphatic carbocycles. The lowest BCUT2D eigenvalue weighted by Gasteiger charge is -2.06. The molecule has 1 atom stereocenters. The highest BCUT2D eigenvalue weighted by Crippen LogP contribution is 2.28. The van der Waals surface area contributed by atoms with Crippen molar-refractivity contribution in [3.63, 3.8) is 0 Å². The third kappa shape index (κ3) is 5.88. The summed E-state index contributed by atoms with van der Waals surface area (Å²) in [6.45, 7) is 6.68. The lowest BCUT2D eigenvalue weighted by atomic mass is 10.2. The van der Waals surface area contributed by atoms with Gasteiger partial charge in [0.1, 0.15) is 0 Å². The fourth-order valence-electron chi connectivity index (χ4n) is 1.05. The number of nitrogens with one attached hydrogen (secondary N) is 2. The maximum absolute atomic E-state index is 11.5. The quantitative estimate of drug-likeness (QED) is 0.683. The van der Waals surface area contributed by atoms with Crippen molar-refractivity contribution in [2.45, 2.75) is 30.4 Å². The first-order chi connectivity index (χ1) is 8.88. The van der Waals surface area contributed by atoms with Gasteiger partial charge in [-0.25, -0.2) is 4.79 Å². The number of rotatable bonds is 6. The Morgan fingerprint density at radius 2 is 2.05 bits per heavy atom. The average Bonchev–Trinajstić information content (AvgIpc) is 2.73. The lowest BCUT2D eigenvalue weighted by Crippen LogP contribution is -2.39. The number of amides is 3. The summed E-state index contributed by atoms with van der Waals surface area (Å²) in [6.07, 6.45) is 0. The number of hydrogen-bond donors (Lipinski definition) is 3. The predicted octanol–water partition coefficient (Wildman–Crippen LogP) is 1.28. The van der Waals surface area contributed by atoms with Gasteiger partial charge in [-0.1, -0.05) is 36.9 Å². The number of carbonyl (C=O) groups excluding carboxylic acids is 2. The Morgan fingerprint density at radius 1 is 1.37 bits per heavy atom. The van der Waals surface area contributed by atoms with Crippen LogP contribution in [0.4, 0.5) is 9.93 Å². The third-order valence-corrected chi connectivity index (χ3v) is 4.03. The van der Waals surface area contributed by atoms with Crippen LogP contribution in [-0.2, 0) is 4.79 Å². The number of nitrogens with two attached hydrogens (primary N) is 1. The van der Waals surface area contributed by atoms with Gasteiger partial charge in [-0.2, -0.15) is 0 Å². The summed E-state index contributed by atoms with van der Waals surface area (Å²) in [5.41, 5.74) is 4.88. The molecule has 106 valence electrons. The van der Waals surface area contributed by atoms with Crippen molar-refractivity contribution in [2.24, 2.45) is 11.7 Å². The summed E-state index contributed by atoms with van der Waals surface area (Å²) in [7, 11) is 0. The number of imide groups is 1. The van der Waals surface area contributed by atoms with E-state index < -0.39 is 17.2 Å². The standard InChI is InChI=1S/C10H17N5O2S2/c1-5(2)4-12-9-14-15-10(19-9)18-6(3)7(16)13-8(11)17/h5-6H,4H2,1-3H3,(H,12,14)(H3,11,13,16,17)/t6-/m0/s1. The van der Waals surface area contributed by atoms with E-state index in [2.05, 4.69) is 29.4 Å². The van der Waals surface area contributed by atoms with Crippen LogP contribution in [0.15, 0.2) is 4.34 Å². The number of anilines is 1. The van der Waals surface area contributed by atoms with Gasteiger partial charge in [-0.05, 0) is 12.8 Å². The van der Waals surface area contributed by atoms with Crippen molar-refractivity contribution in [1.29, 1.82) is 0 Å². The topological polar surface area (TPSA) is 110 Å². The van der Waals surface area contributed by atoms with Gasteiger partial charge in [-0.3, -0.25) is 10.1 Å². The van der Waals surface area contributed by atoms with Crippen LogP contribution in [0.3, 0.4) is 0 Å². The second kappa shape index (κ2) is 7.29. The zero-order valence-corrected chi connectivity index (χ0v) is 12.6. The van der Waals surface area contributed by atoms with E-state index in [4.69, 9.17) is 5.73 Å². The van der Waals surface area contributed by atoms with Crippen LogP contribution in [0.1, 0.15) is 20.8 Å². The number of aromatic nitrogens is 2. The smallest absolute Gasteiger partial charge is 0.318 e. The molecule has 4 N–H and O–H groups in total. The molecule has 0 saturated heterocycles. The van der Waals surface area contributed by atoms with Crippen molar-refractivity contribution in [3.8, 4) is 0 Å². The zero-order valence-electron chi connectivity index (χ0n) is 11.0.